The van der Waals surface area contributed by atoms with Gasteiger partial charge in [0.15, 0.2) is 5.69 Å². The van der Waals surface area contributed by atoms with Gasteiger partial charge in [-0.15, -0.1) is 0 Å². The van der Waals surface area contributed by atoms with E-state index in [2.05, 4.69) is 15.8 Å². The first-order valence-electron chi connectivity index (χ1n) is 7.72. The third-order valence-electron chi connectivity index (χ3n) is 4.19. The van der Waals surface area contributed by atoms with Crippen LogP contribution in [0.4, 0.5) is 0 Å². The quantitative estimate of drug-likeness (QED) is 0.853. The molecule has 1 aromatic rings. The van der Waals surface area contributed by atoms with Crippen LogP contribution in [0, 0.1) is 5.92 Å². The summed E-state index contributed by atoms with van der Waals surface area (Å²) in [6.07, 6.45) is 5.03. The van der Waals surface area contributed by atoms with Gasteiger partial charge in [0.25, 0.3) is 5.91 Å². The van der Waals surface area contributed by atoms with Gasteiger partial charge < -0.3 is 15.2 Å². The van der Waals surface area contributed by atoms with E-state index < -0.39 is 0 Å². The van der Waals surface area contributed by atoms with Gasteiger partial charge in [-0.25, -0.2) is 0 Å². The number of fused-ring (bicyclic) bond motifs is 1. The van der Waals surface area contributed by atoms with Crippen molar-refractivity contribution in [3.8, 4) is 0 Å². The molecule has 2 amide bonds. The third kappa shape index (κ3) is 3.25. The van der Waals surface area contributed by atoms with Crippen molar-refractivity contribution >= 4 is 11.8 Å². The Morgan fingerprint density at radius 3 is 2.86 bits per heavy atom. The van der Waals surface area contributed by atoms with E-state index in [4.69, 9.17) is 4.52 Å². The van der Waals surface area contributed by atoms with Gasteiger partial charge in [0.2, 0.25) is 5.91 Å². The maximum atomic E-state index is 12.2. The van der Waals surface area contributed by atoms with Crippen molar-refractivity contribution in [3.63, 3.8) is 0 Å². The minimum atomic E-state index is -0.158. The lowest BCUT2D eigenvalue weighted by Crippen LogP contribution is -2.39. The van der Waals surface area contributed by atoms with Gasteiger partial charge in [-0.2, -0.15) is 0 Å². The van der Waals surface area contributed by atoms with E-state index in [9.17, 15) is 9.59 Å². The lowest BCUT2D eigenvalue weighted by molar-refractivity contribution is -0.121. The average molecular weight is 291 g/mol. The molecule has 114 valence electrons. The van der Waals surface area contributed by atoms with Gasteiger partial charge in [-0.05, 0) is 31.6 Å². The molecule has 0 bridgehead atoms. The first-order valence-corrected chi connectivity index (χ1v) is 7.72. The van der Waals surface area contributed by atoms with E-state index in [0.717, 1.165) is 24.3 Å². The number of carbonyl (C=O) groups is 2. The summed E-state index contributed by atoms with van der Waals surface area (Å²) < 4.78 is 5.29. The number of nitrogens with zero attached hydrogens (tertiary/aromatic N) is 1. The fourth-order valence-corrected chi connectivity index (χ4v) is 2.68. The summed E-state index contributed by atoms with van der Waals surface area (Å²) in [6.45, 7) is 2.55. The van der Waals surface area contributed by atoms with E-state index >= 15 is 0 Å². The summed E-state index contributed by atoms with van der Waals surface area (Å²) in [6, 6.07) is 0.0688. The average Bonchev–Trinajstić information content (AvgIpc) is 3.23. The molecule has 1 heterocycles. The number of carbonyl (C=O) groups excluding carboxylic acids is 2. The molecule has 3 rings (SSSR count). The standard InChI is InChI=1S/C15H21N3O3/c1-2-13(19)17-10-5-6-12-11(7-10)14(18-21-12)15(20)16-8-9-3-4-9/h9-10H,2-8H2,1H3,(H,16,20)(H,17,19). The predicted molar refractivity (Wildman–Crippen MR) is 75.8 cm³/mol. The zero-order valence-electron chi connectivity index (χ0n) is 12.3. The van der Waals surface area contributed by atoms with Crippen molar-refractivity contribution in [1.29, 1.82) is 0 Å². The van der Waals surface area contributed by atoms with Crippen molar-refractivity contribution in [2.75, 3.05) is 6.54 Å². The minimum Gasteiger partial charge on any atom is -0.360 e. The molecule has 0 radical (unpaired) electrons. The molecule has 0 aromatic carbocycles. The van der Waals surface area contributed by atoms with Gasteiger partial charge in [0.1, 0.15) is 5.76 Å². The first-order chi connectivity index (χ1) is 10.2. The van der Waals surface area contributed by atoms with Crippen LogP contribution >= 0.6 is 0 Å². The molecule has 2 N–H and O–H groups in total. The molecule has 2 aliphatic carbocycles. The number of nitrogens with one attached hydrogen (secondary N) is 2. The van der Waals surface area contributed by atoms with Gasteiger partial charge in [-0.1, -0.05) is 12.1 Å². The number of hydrogen-bond donors (Lipinski definition) is 2. The van der Waals surface area contributed by atoms with Crippen molar-refractivity contribution in [3.05, 3.63) is 17.0 Å². The highest BCUT2D eigenvalue weighted by atomic mass is 16.5. The van der Waals surface area contributed by atoms with E-state index in [1.54, 1.807) is 0 Å². The lowest BCUT2D eigenvalue weighted by Gasteiger charge is -2.22. The highest BCUT2D eigenvalue weighted by molar-refractivity contribution is 5.93. The smallest absolute Gasteiger partial charge is 0.273 e. The molecule has 6 heteroatoms. The maximum absolute atomic E-state index is 12.2. The van der Waals surface area contributed by atoms with Crippen LogP contribution in [0.2, 0.25) is 0 Å². The molecule has 1 aromatic heterocycles. The molecule has 0 saturated heterocycles. The Bertz CT molecular complexity index is 548. The normalized spacial score (nSPS) is 20.7. The van der Waals surface area contributed by atoms with Crippen molar-refractivity contribution in [2.45, 2.75) is 51.5 Å². The van der Waals surface area contributed by atoms with Gasteiger partial charge >= 0.3 is 0 Å². The summed E-state index contributed by atoms with van der Waals surface area (Å²) in [7, 11) is 0. The second-order valence-corrected chi connectivity index (χ2v) is 5.95. The summed E-state index contributed by atoms with van der Waals surface area (Å²) >= 11 is 0. The van der Waals surface area contributed by atoms with Crippen LogP contribution in [0.15, 0.2) is 4.52 Å². The largest absolute Gasteiger partial charge is 0.360 e. The van der Waals surface area contributed by atoms with Crippen LogP contribution in [-0.2, 0) is 17.6 Å². The molecule has 0 spiro atoms. The summed E-state index contributed by atoms with van der Waals surface area (Å²) in [4.78, 5) is 23.7. The number of hydrogen-bond acceptors (Lipinski definition) is 4. The second-order valence-electron chi connectivity index (χ2n) is 5.95. The predicted octanol–water partition coefficient (Wildman–Crippen LogP) is 1.20. The molecular weight excluding hydrogens is 270 g/mol. The Hall–Kier alpha value is -1.85. The van der Waals surface area contributed by atoms with Crippen LogP contribution in [-0.4, -0.2) is 29.6 Å². The van der Waals surface area contributed by atoms with Crippen LogP contribution in [0.1, 0.15) is 54.4 Å². The number of aromatic nitrogens is 1. The highest BCUT2D eigenvalue weighted by Crippen LogP contribution is 2.28. The lowest BCUT2D eigenvalue weighted by atomic mass is 9.91. The Balaban J connectivity index is 1.66. The molecule has 2 aliphatic rings. The fourth-order valence-electron chi connectivity index (χ4n) is 2.68. The van der Waals surface area contributed by atoms with Gasteiger partial charge in [0, 0.05) is 31.0 Å². The summed E-state index contributed by atoms with van der Waals surface area (Å²) in [5.74, 6) is 1.30. The van der Waals surface area contributed by atoms with E-state index in [0.29, 0.717) is 30.9 Å². The van der Waals surface area contributed by atoms with Crippen LogP contribution in [0.25, 0.3) is 0 Å². The Morgan fingerprint density at radius 2 is 2.14 bits per heavy atom. The molecule has 21 heavy (non-hydrogen) atoms. The number of amides is 2. The SMILES string of the molecule is CCC(=O)NC1CCc2onc(C(=O)NCC3CC3)c2C1. The molecule has 1 unspecified atom stereocenters. The van der Waals surface area contributed by atoms with Crippen molar-refractivity contribution in [1.82, 2.24) is 15.8 Å². The first kappa shape index (κ1) is 14.1. The Kier molecular flexibility index (Phi) is 3.94. The maximum Gasteiger partial charge on any atom is 0.273 e. The second kappa shape index (κ2) is 5.87. The Morgan fingerprint density at radius 1 is 1.33 bits per heavy atom. The van der Waals surface area contributed by atoms with Crippen LogP contribution in [0.5, 0.6) is 0 Å². The summed E-state index contributed by atoms with van der Waals surface area (Å²) in [5, 5.41) is 9.83. The zero-order valence-corrected chi connectivity index (χ0v) is 12.3. The molecule has 6 nitrogen and oxygen atoms in total. The van der Waals surface area contributed by atoms with Crippen LogP contribution < -0.4 is 10.6 Å². The monoisotopic (exact) mass is 291 g/mol. The van der Waals surface area contributed by atoms with Crippen LogP contribution in [0.3, 0.4) is 0 Å². The van der Waals surface area contributed by atoms with E-state index in [1.165, 1.54) is 12.8 Å². The molecule has 1 fully saturated rings. The van der Waals surface area contributed by atoms with Gasteiger partial charge in [0.05, 0.1) is 0 Å². The molecule has 1 atom stereocenters. The van der Waals surface area contributed by atoms with Crippen molar-refractivity contribution in [2.24, 2.45) is 5.92 Å². The Labute approximate surface area is 123 Å². The molecule has 0 aliphatic heterocycles. The van der Waals surface area contributed by atoms with Crippen molar-refractivity contribution < 1.29 is 14.1 Å². The highest BCUT2D eigenvalue weighted by Gasteiger charge is 2.30. The summed E-state index contributed by atoms with van der Waals surface area (Å²) in [5.41, 5.74) is 1.25. The zero-order chi connectivity index (χ0) is 14.8. The number of aryl methyl sites for hydroxylation is 1. The third-order valence-corrected chi connectivity index (χ3v) is 4.19. The fraction of sp³-hybridized carbons (Fsp3) is 0.667. The molecular formula is C15H21N3O3. The molecule has 1 saturated carbocycles. The van der Waals surface area contributed by atoms with E-state index in [-0.39, 0.29) is 17.9 Å². The van der Waals surface area contributed by atoms with Gasteiger partial charge in [-0.3, -0.25) is 9.59 Å². The van der Waals surface area contributed by atoms with E-state index in [1.807, 2.05) is 6.92 Å². The minimum absolute atomic E-state index is 0.0413. The number of rotatable bonds is 5. The topological polar surface area (TPSA) is 84.2 Å².